The minimum absolute atomic E-state index is 0.341. The van der Waals surface area contributed by atoms with Crippen LogP contribution in [0.4, 0.5) is 0 Å². The Kier molecular flexibility index (Phi) is 4.05. The van der Waals surface area contributed by atoms with Crippen LogP contribution < -0.4 is 5.32 Å². The molecule has 2 nitrogen and oxygen atoms in total. The maximum Gasteiger partial charge on any atom is 0.120 e. The zero-order valence-electron chi connectivity index (χ0n) is 10.4. The van der Waals surface area contributed by atoms with Gasteiger partial charge < -0.3 is 9.73 Å². The predicted octanol–water partition coefficient (Wildman–Crippen LogP) is 3.90. The molecule has 2 unspecified atom stereocenters. The molecule has 3 atom stereocenters. The van der Waals surface area contributed by atoms with Crippen molar-refractivity contribution < 1.29 is 4.42 Å². The second kappa shape index (κ2) is 5.53. The number of furan rings is 1. The molecule has 90 valence electrons. The first kappa shape index (κ1) is 11.7. The van der Waals surface area contributed by atoms with E-state index >= 15 is 0 Å². The molecule has 2 rings (SSSR count). The van der Waals surface area contributed by atoms with E-state index in [1.165, 1.54) is 32.1 Å². The number of rotatable bonds is 3. The maximum absolute atomic E-state index is 5.43. The molecule has 0 aromatic carbocycles. The lowest BCUT2D eigenvalue weighted by molar-refractivity contribution is 0.364. The van der Waals surface area contributed by atoms with Crippen LogP contribution in [0.25, 0.3) is 0 Å². The van der Waals surface area contributed by atoms with E-state index < -0.39 is 0 Å². The first-order valence-corrected chi connectivity index (χ1v) is 6.55. The molecular formula is C14H23NO. The van der Waals surface area contributed by atoms with Gasteiger partial charge in [-0.1, -0.05) is 19.8 Å². The summed E-state index contributed by atoms with van der Waals surface area (Å²) >= 11 is 0. The van der Waals surface area contributed by atoms with Gasteiger partial charge in [0.25, 0.3) is 0 Å². The minimum atomic E-state index is 0.341. The fourth-order valence-corrected chi connectivity index (χ4v) is 2.63. The SMILES string of the molecule is CC1CCCC(N[C@@H](C)c2ccco2)CC1. The van der Waals surface area contributed by atoms with Crippen molar-refractivity contribution >= 4 is 0 Å². The molecular weight excluding hydrogens is 198 g/mol. The summed E-state index contributed by atoms with van der Waals surface area (Å²) < 4.78 is 5.43. The number of nitrogens with one attached hydrogen (secondary N) is 1. The normalized spacial score (nSPS) is 28.6. The third-order valence-corrected chi connectivity index (χ3v) is 3.71. The van der Waals surface area contributed by atoms with Crippen molar-refractivity contribution in [1.82, 2.24) is 5.32 Å². The fourth-order valence-electron chi connectivity index (χ4n) is 2.63. The Bertz CT molecular complexity index is 294. The largest absolute Gasteiger partial charge is 0.468 e. The highest BCUT2D eigenvalue weighted by atomic mass is 16.3. The Labute approximate surface area is 98.4 Å². The van der Waals surface area contributed by atoms with Gasteiger partial charge >= 0.3 is 0 Å². The highest BCUT2D eigenvalue weighted by Gasteiger charge is 2.18. The van der Waals surface area contributed by atoms with E-state index in [-0.39, 0.29) is 0 Å². The van der Waals surface area contributed by atoms with Gasteiger partial charge in [-0.25, -0.2) is 0 Å². The summed E-state index contributed by atoms with van der Waals surface area (Å²) in [7, 11) is 0. The third-order valence-electron chi connectivity index (χ3n) is 3.71. The van der Waals surface area contributed by atoms with Crippen molar-refractivity contribution in [2.75, 3.05) is 0 Å². The molecule has 1 fully saturated rings. The molecule has 1 aromatic heterocycles. The van der Waals surface area contributed by atoms with Gasteiger partial charge in [0, 0.05) is 6.04 Å². The van der Waals surface area contributed by atoms with Crippen molar-refractivity contribution in [1.29, 1.82) is 0 Å². The summed E-state index contributed by atoms with van der Waals surface area (Å²) in [5, 5.41) is 3.69. The highest BCUT2D eigenvalue weighted by molar-refractivity contribution is 5.03. The molecule has 2 heteroatoms. The van der Waals surface area contributed by atoms with Crippen molar-refractivity contribution in [2.45, 2.75) is 58.0 Å². The number of hydrogen-bond donors (Lipinski definition) is 1. The molecule has 1 aliphatic rings. The van der Waals surface area contributed by atoms with Gasteiger partial charge in [0.2, 0.25) is 0 Å². The predicted molar refractivity (Wildman–Crippen MR) is 66.3 cm³/mol. The molecule has 1 saturated carbocycles. The summed E-state index contributed by atoms with van der Waals surface area (Å²) in [5.74, 6) is 1.96. The van der Waals surface area contributed by atoms with Crippen LogP contribution in [0.15, 0.2) is 22.8 Å². The van der Waals surface area contributed by atoms with Gasteiger partial charge in [-0.2, -0.15) is 0 Å². The van der Waals surface area contributed by atoms with E-state index in [4.69, 9.17) is 4.42 Å². The van der Waals surface area contributed by atoms with E-state index in [9.17, 15) is 0 Å². The molecule has 0 saturated heterocycles. The lowest BCUT2D eigenvalue weighted by Crippen LogP contribution is -2.30. The lowest BCUT2D eigenvalue weighted by Gasteiger charge is -2.20. The van der Waals surface area contributed by atoms with Crippen LogP contribution in [0.5, 0.6) is 0 Å². The van der Waals surface area contributed by atoms with E-state index in [1.54, 1.807) is 6.26 Å². The smallest absolute Gasteiger partial charge is 0.120 e. The van der Waals surface area contributed by atoms with E-state index in [2.05, 4.69) is 25.2 Å². The van der Waals surface area contributed by atoms with E-state index in [0.29, 0.717) is 12.1 Å². The van der Waals surface area contributed by atoms with E-state index in [0.717, 1.165) is 11.7 Å². The maximum atomic E-state index is 5.43. The lowest BCUT2D eigenvalue weighted by atomic mass is 10.0. The quantitative estimate of drug-likeness (QED) is 0.783. The average Bonchev–Trinajstić information content (AvgIpc) is 2.72. The first-order valence-electron chi connectivity index (χ1n) is 6.55. The Morgan fingerprint density at radius 2 is 2.19 bits per heavy atom. The average molecular weight is 221 g/mol. The standard InChI is InChI=1S/C14H23NO/c1-11-5-3-6-13(9-8-11)15-12(2)14-7-4-10-16-14/h4,7,10-13,15H,3,5-6,8-9H2,1-2H3/t11?,12-,13?/m0/s1. The Morgan fingerprint density at radius 3 is 2.94 bits per heavy atom. The Hall–Kier alpha value is -0.760. The molecule has 0 radical (unpaired) electrons. The van der Waals surface area contributed by atoms with Crippen LogP contribution in [0, 0.1) is 5.92 Å². The van der Waals surface area contributed by atoms with Gasteiger partial charge in [-0.15, -0.1) is 0 Å². The van der Waals surface area contributed by atoms with Crippen molar-refractivity contribution in [2.24, 2.45) is 5.92 Å². The van der Waals surface area contributed by atoms with Crippen LogP contribution in [0.3, 0.4) is 0 Å². The molecule has 1 aliphatic carbocycles. The van der Waals surface area contributed by atoms with Gasteiger partial charge in [0.15, 0.2) is 0 Å². The molecule has 16 heavy (non-hydrogen) atoms. The summed E-state index contributed by atoms with van der Waals surface area (Å²) in [5.41, 5.74) is 0. The van der Waals surface area contributed by atoms with Crippen LogP contribution >= 0.6 is 0 Å². The molecule has 1 heterocycles. The summed E-state index contributed by atoms with van der Waals surface area (Å²) in [6.45, 7) is 4.56. The fraction of sp³-hybridized carbons (Fsp3) is 0.714. The van der Waals surface area contributed by atoms with Gasteiger partial charge in [-0.3, -0.25) is 0 Å². The summed E-state index contributed by atoms with van der Waals surface area (Å²) in [4.78, 5) is 0. The molecule has 0 bridgehead atoms. The van der Waals surface area contributed by atoms with Crippen LogP contribution in [-0.2, 0) is 0 Å². The van der Waals surface area contributed by atoms with Crippen molar-refractivity contribution in [3.8, 4) is 0 Å². The monoisotopic (exact) mass is 221 g/mol. The Balaban J connectivity index is 1.84. The van der Waals surface area contributed by atoms with Crippen molar-refractivity contribution in [3.63, 3.8) is 0 Å². The van der Waals surface area contributed by atoms with E-state index in [1.807, 2.05) is 6.07 Å². The van der Waals surface area contributed by atoms with Crippen molar-refractivity contribution in [3.05, 3.63) is 24.2 Å². The topological polar surface area (TPSA) is 25.2 Å². The number of hydrogen-bond acceptors (Lipinski definition) is 2. The molecule has 1 aromatic rings. The second-order valence-electron chi connectivity index (χ2n) is 5.21. The summed E-state index contributed by atoms with van der Waals surface area (Å²) in [6, 6.07) is 5.03. The van der Waals surface area contributed by atoms with Gasteiger partial charge in [-0.05, 0) is 44.2 Å². The van der Waals surface area contributed by atoms with Crippen LogP contribution in [0.2, 0.25) is 0 Å². The molecule has 0 amide bonds. The second-order valence-corrected chi connectivity index (χ2v) is 5.21. The zero-order valence-corrected chi connectivity index (χ0v) is 10.4. The zero-order chi connectivity index (χ0) is 11.4. The minimum Gasteiger partial charge on any atom is -0.468 e. The molecule has 0 aliphatic heterocycles. The Morgan fingerprint density at radius 1 is 1.31 bits per heavy atom. The highest BCUT2D eigenvalue weighted by Crippen LogP contribution is 2.24. The third kappa shape index (κ3) is 3.11. The van der Waals surface area contributed by atoms with Crippen LogP contribution in [0.1, 0.15) is 57.8 Å². The molecule has 0 spiro atoms. The summed E-state index contributed by atoms with van der Waals surface area (Å²) in [6.07, 6.45) is 8.50. The van der Waals surface area contributed by atoms with Gasteiger partial charge in [0.05, 0.1) is 12.3 Å². The van der Waals surface area contributed by atoms with Crippen LogP contribution in [-0.4, -0.2) is 6.04 Å². The molecule has 1 N–H and O–H groups in total. The van der Waals surface area contributed by atoms with Gasteiger partial charge in [0.1, 0.15) is 5.76 Å². The first-order chi connectivity index (χ1) is 7.75.